The molecule has 1 aromatic rings. The van der Waals surface area contributed by atoms with Crippen LogP contribution in [0.4, 0.5) is 0 Å². The molecule has 0 N–H and O–H groups in total. The molecule has 0 aliphatic heterocycles. The first kappa shape index (κ1) is 14.5. The first-order chi connectivity index (χ1) is 8.24. The highest BCUT2D eigenvalue weighted by molar-refractivity contribution is 7.80. The summed E-state index contributed by atoms with van der Waals surface area (Å²) in [5, 5.41) is 1.80. The van der Waals surface area contributed by atoms with Crippen LogP contribution in [0.2, 0.25) is 0 Å². The molecule has 0 saturated heterocycles. The lowest BCUT2D eigenvalue weighted by atomic mass is 10.4. The van der Waals surface area contributed by atoms with Gasteiger partial charge in [-0.3, -0.25) is 0 Å². The summed E-state index contributed by atoms with van der Waals surface area (Å²) in [6.45, 7) is 2.09. The minimum absolute atomic E-state index is 0.299. The molecule has 6 heteroatoms. The minimum Gasteiger partial charge on any atom is -0.461 e. The van der Waals surface area contributed by atoms with Gasteiger partial charge >= 0.3 is 5.97 Å². The fourth-order valence-corrected chi connectivity index (χ4v) is 2.12. The predicted molar refractivity (Wildman–Crippen MR) is 69.2 cm³/mol. The Hall–Kier alpha value is -0.560. The lowest BCUT2D eigenvalue weighted by Gasteiger charge is -2.04. The summed E-state index contributed by atoms with van der Waals surface area (Å²) in [6, 6.07) is 1.70. The minimum atomic E-state index is -0.299. The van der Waals surface area contributed by atoms with Gasteiger partial charge in [-0.25, -0.2) is 4.79 Å². The van der Waals surface area contributed by atoms with Crippen molar-refractivity contribution < 1.29 is 19.0 Å². The Balaban J connectivity index is 2.05. The molecule has 0 aliphatic carbocycles. The molecule has 1 rings (SSSR count). The standard InChI is InChI=1S/C11H16O4S2/c1-13-5-6-14-3-2-4-15-11(12)10-7-9(16)8-17-10/h7-8,16H,2-6H2,1H3. The first-order valence-electron chi connectivity index (χ1n) is 5.25. The Morgan fingerprint density at radius 3 is 2.82 bits per heavy atom. The van der Waals surface area contributed by atoms with Crippen molar-refractivity contribution in [3.05, 3.63) is 16.3 Å². The number of rotatable bonds is 8. The van der Waals surface area contributed by atoms with Crippen LogP contribution in [-0.4, -0.2) is 39.5 Å². The molecule has 0 aromatic carbocycles. The van der Waals surface area contributed by atoms with Crippen LogP contribution < -0.4 is 0 Å². The van der Waals surface area contributed by atoms with E-state index in [9.17, 15) is 4.79 Å². The molecule has 0 spiro atoms. The monoisotopic (exact) mass is 276 g/mol. The lowest BCUT2D eigenvalue weighted by Crippen LogP contribution is -2.08. The highest BCUT2D eigenvalue weighted by atomic mass is 32.1. The molecule has 0 fully saturated rings. The van der Waals surface area contributed by atoms with Crippen molar-refractivity contribution in [1.29, 1.82) is 0 Å². The van der Waals surface area contributed by atoms with E-state index in [1.54, 1.807) is 18.6 Å². The van der Waals surface area contributed by atoms with E-state index in [0.29, 0.717) is 37.7 Å². The third kappa shape index (κ3) is 6.07. The summed E-state index contributed by atoms with van der Waals surface area (Å²) in [5.74, 6) is -0.299. The maximum Gasteiger partial charge on any atom is 0.348 e. The number of thiophene rings is 1. The maximum atomic E-state index is 11.5. The summed E-state index contributed by atoms with van der Waals surface area (Å²) in [4.78, 5) is 12.8. The van der Waals surface area contributed by atoms with Gasteiger partial charge < -0.3 is 14.2 Å². The van der Waals surface area contributed by atoms with Gasteiger partial charge in [-0.1, -0.05) is 0 Å². The molecule has 0 unspecified atom stereocenters. The van der Waals surface area contributed by atoms with Gasteiger partial charge in [0.15, 0.2) is 0 Å². The van der Waals surface area contributed by atoms with Crippen LogP contribution in [0.3, 0.4) is 0 Å². The third-order valence-electron chi connectivity index (χ3n) is 1.88. The van der Waals surface area contributed by atoms with Gasteiger partial charge in [0, 0.05) is 30.4 Å². The number of carbonyl (C=O) groups excluding carboxylic acids is 1. The third-order valence-corrected chi connectivity index (χ3v) is 3.23. The molecule has 1 aromatic heterocycles. The van der Waals surface area contributed by atoms with E-state index in [4.69, 9.17) is 14.2 Å². The zero-order valence-corrected chi connectivity index (χ0v) is 11.4. The number of hydrogen-bond donors (Lipinski definition) is 1. The Morgan fingerprint density at radius 2 is 2.18 bits per heavy atom. The second-order valence-corrected chi connectivity index (χ2v) is 4.69. The largest absolute Gasteiger partial charge is 0.461 e. The van der Waals surface area contributed by atoms with Crippen LogP contribution in [0.15, 0.2) is 16.3 Å². The molecule has 1 heterocycles. The molecule has 4 nitrogen and oxygen atoms in total. The molecule has 0 atom stereocenters. The summed E-state index contributed by atoms with van der Waals surface area (Å²) in [6.07, 6.45) is 0.689. The van der Waals surface area contributed by atoms with Crippen LogP contribution >= 0.6 is 24.0 Å². The zero-order chi connectivity index (χ0) is 12.5. The normalized spacial score (nSPS) is 10.5. The maximum absolute atomic E-state index is 11.5. The summed E-state index contributed by atoms with van der Waals surface area (Å²) in [5.41, 5.74) is 0. The van der Waals surface area contributed by atoms with Gasteiger partial charge in [-0.2, -0.15) is 0 Å². The van der Waals surface area contributed by atoms with Crippen LogP contribution in [0.1, 0.15) is 16.1 Å². The van der Waals surface area contributed by atoms with Crippen molar-refractivity contribution in [3.63, 3.8) is 0 Å². The lowest BCUT2D eigenvalue weighted by molar-refractivity contribution is 0.0389. The highest BCUT2D eigenvalue weighted by Gasteiger charge is 2.08. The van der Waals surface area contributed by atoms with Crippen LogP contribution in [0, 0.1) is 0 Å². The second kappa shape index (κ2) is 8.52. The summed E-state index contributed by atoms with van der Waals surface area (Å²) < 4.78 is 15.1. The quantitative estimate of drug-likeness (QED) is 0.449. The van der Waals surface area contributed by atoms with Gasteiger partial charge in [-0.05, 0) is 6.07 Å². The van der Waals surface area contributed by atoms with Crippen LogP contribution in [0.25, 0.3) is 0 Å². The van der Waals surface area contributed by atoms with Crippen molar-refractivity contribution in [2.45, 2.75) is 11.3 Å². The predicted octanol–water partition coefficient (Wildman–Crippen LogP) is 2.25. The molecule has 0 bridgehead atoms. The van der Waals surface area contributed by atoms with Crippen LogP contribution in [0.5, 0.6) is 0 Å². The van der Waals surface area contributed by atoms with E-state index >= 15 is 0 Å². The molecule has 96 valence electrons. The number of methoxy groups -OCH3 is 1. The van der Waals surface area contributed by atoms with Gasteiger partial charge in [0.2, 0.25) is 0 Å². The summed E-state index contributed by atoms with van der Waals surface area (Å²) in [7, 11) is 1.63. The fraction of sp³-hybridized carbons (Fsp3) is 0.545. The Bertz CT molecular complexity index is 338. The van der Waals surface area contributed by atoms with Crippen molar-refractivity contribution in [3.8, 4) is 0 Å². The van der Waals surface area contributed by atoms with Crippen molar-refractivity contribution in [2.24, 2.45) is 0 Å². The van der Waals surface area contributed by atoms with Gasteiger partial charge in [0.05, 0.1) is 19.8 Å². The first-order valence-corrected chi connectivity index (χ1v) is 6.58. The molecule has 0 saturated carbocycles. The second-order valence-electron chi connectivity index (χ2n) is 3.26. The number of hydrogen-bond acceptors (Lipinski definition) is 6. The van der Waals surface area contributed by atoms with E-state index in [2.05, 4.69) is 12.6 Å². The molecule has 0 aliphatic rings. The number of thiol groups is 1. The Morgan fingerprint density at radius 1 is 1.35 bits per heavy atom. The smallest absolute Gasteiger partial charge is 0.348 e. The summed E-state index contributed by atoms with van der Waals surface area (Å²) >= 11 is 5.46. The number of ether oxygens (including phenoxy) is 3. The topological polar surface area (TPSA) is 44.8 Å². The average Bonchev–Trinajstić information content (AvgIpc) is 2.74. The Labute approximate surface area is 110 Å². The molecule has 0 radical (unpaired) electrons. The zero-order valence-electron chi connectivity index (χ0n) is 9.68. The van der Waals surface area contributed by atoms with E-state index in [1.165, 1.54) is 11.3 Å². The van der Waals surface area contributed by atoms with E-state index in [-0.39, 0.29) is 5.97 Å². The molecule has 0 amide bonds. The van der Waals surface area contributed by atoms with Gasteiger partial charge in [-0.15, -0.1) is 24.0 Å². The van der Waals surface area contributed by atoms with Gasteiger partial charge in [0.25, 0.3) is 0 Å². The fourth-order valence-electron chi connectivity index (χ4n) is 1.07. The number of esters is 1. The van der Waals surface area contributed by atoms with E-state index in [1.807, 2.05) is 0 Å². The highest BCUT2D eigenvalue weighted by Crippen LogP contribution is 2.18. The molecule has 17 heavy (non-hydrogen) atoms. The Kier molecular flexibility index (Phi) is 7.27. The van der Waals surface area contributed by atoms with Crippen molar-refractivity contribution >= 4 is 29.9 Å². The van der Waals surface area contributed by atoms with E-state index in [0.717, 1.165) is 4.90 Å². The molecular weight excluding hydrogens is 260 g/mol. The SMILES string of the molecule is COCCOCCCOC(=O)c1cc(S)cs1. The van der Waals surface area contributed by atoms with E-state index < -0.39 is 0 Å². The average molecular weight is 276 g/mol. The number of carbonyl (C=O) groups is 1. The van der Waals surface area contributed by atoms with Gasteiger partial charge in [0.1, 0.15) is 4.88 Å². The van der Waals surface area contributed by atoms with Crippen LogP contribution in [-0.2, 0) is 14.2 Å². The molecular formula is C11H16O4S2. The van der Waals surface area contributed by atoms with Crippen molar-refractivity contribution in [1.82, 2.24) is 0 Å². The van der Waals surface area contributed by atoms with Crippen molar-refractivity contribution in [2.75, 3.05) is 33.5 Å².